The Bertz CT molecular complexity index is 1730. The van der Waals surface area contributed by atoms with Crippen LogP contribution in [0.4, 0.5) is 14.5 Å². The summed E-state index contributed by atoms with van der Waals surface area (Å²) in [4.78, 5) is 21.0. The normalized spacial score (nSPS) is 17.0. The van der Waals surface area contributed by atoms with Crippen molar-refractivity contribution in [3.63, 3.8) is 0 Å². The summed E-state index contributed by atoms with van der Waals surface area (Å²) in [7, 11) is 2.13. The van der Waals surface area contributed by atoms with Gasteiger partial charge in [-0.15, -0.1) is 0 Å². The largest absolute Gasteiger partial charge is 0.474 e. The molecule has 0 spiro atoms. The second-order valence-electron chi connectivity index (χ2n) is 10.9. The first-order valence-electron chi connectivity index (χ1n) is 14.1. The van der Waals surface area contributed by atoms with Gasteiger partial charge < -0.3 is 24.8 Å². The molecule has 5 aromatic rings. The molecule has 0 saturated carbocycles. The highest BCUT2D eigenvalue weighted by atomic mass is 19.2. The highest BCUT2D eigenvalue weighted by Crippen LogP contribution is 2.36. The Balaban J connectivity index is 1.26. The van der Waals surface area contributed by atoms with E-state index in [1.54, 1.807) is 18.6 Å². The number of piperazine rings is 1. The number of anilines is 1. The lowest BCUT2D eigenvalue weighted by Gasteiger charge is -2.30. The van der Waals surface area contributed by atoms with E-state index in [9.17, 15) is 8.78 Å². The molecule has 8 nitrogen and oxygen atoms in total. The summed E-state index contributed by atoms with van der Waals surface area (Å²) in [5, 5.41) is 4.98. The van der Waals surface area contributed by atoms with Crippen LogP contribution in [0.5, 0.6) is 5.88 Å². The van der Waals surface area contributed by atoms with Crippen molar-refractivity contribution in [2.24, 2.45) is 0 Å². The van der Waals surface area contributed by atoms with E-state index >= 15 is 0 Å². The minimum atomic E-state index is -0.864. The molecule has 2 aromatic carbocycles. The molecule has 7 rings (SSSR count). The number of rotatable bonds is 5. The number of likely N-dealkylation sites (tertiary alicyclic amines) is 1. The number of benzene rings is 2. The third kappa shape index (κ3) is 4.98. The van der Waals surface area contributed by atoms with Gasteiger partial charge in [0.1, 0.15) is 18.1 Å². The maximum Gasteiger partial charge on any atom is 0.224 e. The highest BCUT2D eigenvalue weighted by molar-refractivity contribution is 5.98. The number of piperidine rings is 1. The van der Waals surface area contributed by atoms with Crippen LogP contribution in [0.25, 0.3) is 44.2 Å². The van der Waals surface area contributed by atoms with Crippen LogP contribution in [0.15, 0.2) is 55.1 Å². The van der Waals surface area contributed by atoms with Gasteiger partial charge in [0.2, 0.25) is 5.88 Å². The fourth-order valence-electron chi connectivity index (χ4n) is 5.83. The van der Waals surface area contributed by atoms with E-state index in [1.807, 2.05) is 29.3 Å². The van der Waals surface area contributed by atoms with Crippen molar-refractivity contribution in [3.05, 3.63) is 66.8 Å². The fourth-order valence-corrected chi connectivity index (χ4v) is 5.83. The Morgan fingerprint density at radius 1 is 0.878 bits per heavy atom. The molecular formula is C31H31F2N7O. The van der Waals surface area contributed by atoms with Gasteiger partial charge in [-0.05, 0) is 61.3 Å². The van der Waals surface area contributed by atoms with E-state index in [1.165, 1.54) is 6.07 Å². The number of hydrogen-bond acceptors (Lipinski definition) is 7. The quantitative estimate of drug-likeness (QED) is 0.316. The van der Waals surface area contributed by atoms with Gasteiger partial charge in [0.15, 0.2) is 11.6 Å². The van der Waals surface area contributed by atoms with Gasteiger partial charge in [-0.25, -0.2) is 23.7 Å². The zero-order valence-electron chi connectivity index (χ0n) is 22.8. The number of nitrogens with zero attached hydrogens (tertiary/aromatic N) is 5. The van der Waals surface area contributed by atoms with Gasteiger partial charge in [-0.1, -0.05) is 6.07 Å². The Morgan fingerprint density at radius 2 is 1.68 bits per heavy atom. The van der Waals surface area contributed by atoms with Crippen LogP contribution in [0.2, 0.25) is 0 Å². The number of ether oxygens (including phenoxy) is 1. The number of fused-ring (bicyclic) bond motifs is 2. The summed E-state index contributed by atoms with van der Waals surface area (Å²) in [6, 6.07) is 11.0. The molecule has 2 saturated heterocycles. The van der Waals surface area contributed by atoms with Gasteiger partial charge in [-0.2, -0.15) is 0 Å². The van der Waals surface area contributed by atoms with E-state index < -0.39 is 11.6 Å². The second kappa shape index (κ2) is 10.7. The summed E-state index contributed by atoms with van der Waals surface area (Å²) in [5.41, 5.74) is 4.99. The molecule has 5 heterocycles. The summed E-state index contributed by atoms with van der Waals surface area (Å²) >= 11 is 0. The summed E-state index contributed by atoms with van der Waals surface area (Å²) < 4.78 is 36.0. The number of hydrogen-bond donors (Lipinski definition) is 2. The lowest BCUT2D eigenvalue weighted by atomic mass is 10.0. The first kappa shape index (κ1) is 25.8. The predicted molar refractivity (Wildman–Crippen MR) is 156 cm³/mol. The maximum atomic E-state index is 14.8. The van der Waals surface area contributed by atoms with Crippen LogP contribution >= 0.6 is 0 Å². The van der Waals surface area contributed by atoms with Gasteiger partial charge >= 0.3 is 0 Å². The first-order valence-corrected chi connectivity index (χ1v) is 14.1. The van der Waals surface area contributed by atoms with E-state index in [-0.39, 0.29) is 11.8 Å². The molecule has 210 valence electrons. The third-order valence-electron chi connectivity index (χ3n) is 8.18. The van der Waals surface area contributed by atoms with Crippen LogP contribution < -0.4 is 15.0 Å². The number of aromatic amines is 1. The van der Waals surface area contributed by atoms with Crippen LogP contribution in [0.1, 0.15) is 12.8 Å². The molecule has 2 aliphatic rings. The molecular weight excluding hydrogens is 524 g/mol. The highest BCUT2D eigenvalue weighted by Gasteiger charge is 2.22. The van der Waals surface area contributed by atoms with Crippen LogP contribution in [-0.2, 0) is 0 Å². The molecule has 2 aliphatic heterocycles. The summed E-state index contributed by atoms with van der Waals surface area (Å²) in [6.45, 7) is 4.69. The van der Waals surface area contributed by atoms with Crippen molar-refractivity contribution >= 4 is 27.6 Å². The Kier molecular flexibility index (Phi) is 6.72. The maximum absolute atomic E-state index is 14.8. The van der Waals surface area contributed by atoms with Crippen LogP contribution in [0.3, 0.4) is 0 Å². The zero-order chi connectivity index (χ0) is 27.9. The fraction of sp³-hybridized carbons (Fsp3) is 0.323. The van der Waals surface area contributed by atoms with Crippen LogP contribution in [-0.4, -0.2) is 77.3 Å². The molecule has 10 heteroatoms. The molecule has 2 fully saturated rings. The standard InChI is InChI=1S/C31H31F2N7O/c1-39-8-4-22(5-9-39)41-31-24-12-19(2-3-27(24)37-18-38-31)25-17-36-30-23(25)13-21(16-35-30)20-14-26(32)29(33)28(15-20)40-10-6-34-7-11-40/h2-3,12-18,22,34H,4-11H2,1H3,(H,35,36). The van der Waals surface area contributed by atoms with Crippen molar-refractivity contribution < 1.29 is 13.5 Å². The Morgan fingerprint density at radius 3 is 2.51 bits per heavy atom. The molecule has 0 amide bonds. The SMILES string of the molecule is CN1CCC(Oc2ncnc3ccc(-c4c[nH]c5ncc(-c6cc(F)c(F)c(N7CCNCC7)c6)cc45)cc23)CC1. The minimum Gasteiger partial charge on any atom is -0.474 e. The molecule has 0 aliphatic carbocycles. The third-order valence-corrected chi connectivity index (χ3v) is 8.18. The van der Waals surface area contributed by atoms with Gasteiger partial charge in [0.05, 0.1) is 16.6 Å². The van der Waals surface area contributed by atoms with Crippen molar-refractivity contribution in [1.29, 1.82) is 0 Å². The van der Waals surface area contributed by atoms with E-state index in [2.05, 4.69) is 43.3 Å². The van der Waals surface area contributed by atoms with Gasteiger partial charge in [0, 0.05) is 68.2 Å². The van der Waals surface area contributed by atoms with Crippen molar-refractivity contribution in [1.82, 2.24) is 30.2 Å². The van der Waals surface area contributed by atoms with Crippen molar-refractivity contribution in [2.45, 2.75) is 18.9 Å². The molecule has 3 aromatic heterocycles. The Labute approximate surface area is 236 Å². The number of H-pyrrole nitrogens is 1. The monoisotopic (exact) mass is 555 g/mol. The van der Waals surface area contributed by atoms with E-state index in [0.717, 1.165) is 66.4 Å². The molecule has 2 N–H and O–H groups in total. The minimum absolute atomic E-state index is 0.120. The number of aromatic nitrogens is 4. The van der Waals surface area contributed by atoms with Crippen molar-refractivity contribution in [2.75, 3.05) is 51.2 Å². The topological polar surface area (TPSA) is 82.2 Å². The summed E-state index contributed by atoms with van der Waals surface area (Å²) in [5.74, 6) is -1.09. The lowest BCUT2D eigenvalue weighted by Crippen LogP contribution is -2.44. The number of nitrogens with one attached hydrogen (secondary N) is 2. The van der Waals surface area contributed by atoms with Crippen molar-refractivity contribution in [3.8, 4) is 28.1 Å². The average Bonchev–Trinajstić information content (AvgIpc) is 3.43. The van der Waals surface area contributed by atoms with Gasteiger partial charge in [0.25, 0.3) is 0 Å². The molecule has 0 unspecified atom stereocenters. The molecule has 41 heavy (non-hydrogen) atoms. The predicted octanol–water partition coefficient (Wildman–Crippen LogP) is 5.00. The number of pyridine rings is 1. The second-order valence-corrected chi connectivity index (χ2v) is 10.9. The molecule has 0 bridgehead atoms. The average molecular weight is 556 g/mol. The first-order chi connectivity index (χ1) is 20.0. The molecule has 0 radical (unpaired) electrons. The van der Waals surface area contributed by atoms with Crippen LogP contribution in [0, 0.1) is 11.6 Å². The van der Waals surface area contributed by atoms with E-state index in [0.29, 0.717) is 35.7 Å². The summed E-state index contributed by atoms with van der Waals surface area (Å²) in [6.07, 6.45) is 7.19. The van der Waals surface area contributed by atoms with Gasteiger partial charge in [-0.3, -0.25) is 0 Å². The molecule has 0 atom stereocenters. The smallest absolute Gasteiger partial charge is 0.224 e. The Hall–Kier alpha value is -4.15. The lowest BCUT2D eigenvalue weighted by molar-refractivity contribution is 0.111. The van der Waals surface area contributed by atoms with E-state index in [4.69, 9.17) is 4.74 Å². The zero-order valence-corrected chi connectivity index (χ0v) is 22.8. The number of halogens is 2.